The number of anilines is 2. The lowest BCUT2D eigenvalue weighted by atomic mass is 10.1. The van der Waals surface area contributed by atoms with Crippen LogP contribution in [0.25, 0.3) is 0 Å². The van der Waals surface area contributed by atoms with Gasteiger partial charge in [-0.05, 0) is 37.6 Å². The minimum atomic E-state index is -0.526. The molecule has 0 saturated heterocycles. The molecule has 3 N–H and O–H groups in total. The van der Waals surface area contributed by atoms with Gasteiger partial charge in [-0.3, -0.25) is 14.9 Å². The molecule has 2 aromatic rings. The number of nitrogens with zero attached hydrogens (tertiary/aromatic N) is 1. The summed E-state index contributed by atoms with van der Waals surface area (Å²) >= 11 is 0. The number of nitrogen functional groups attached to an aromatic ring is 1. The molecule has 0 aliphatic carbocycles. The standard InChI is InChI=1S/C15H15N3O3/c1-9-3-5-12(16)11(7-9)15(19)17-13-6-4-10(2)8-14(13)18(20)21/h3-8H,16H2,1-2H3,(H,17,19). The van der Waals surface area contributed by atoms with Gasteiger partial charge in [0.2, 0.25) is 0 Å². The van der Waals surface area contributed by atoms with E-state index >= 15 is 0 Å². The van der Waals surface area contributed by atoms with Crippen molar-refractivity contribution in [3.05, 3.63) is 63.2 Å². The summed E-state index contributed by atoms with van der Waals surface area (Å²) in [6.07, 6.45) is 0. The first-order valence-electron chi connectivity index (χ1n) is 6.31. The Balaban J connectivity index is 2.36. The van der Waals surface area contributed by atoms with Gasteiger partial charge in [0.15, 0.2) is 0 Å². The van der Waals surface area contributed by atoms with Gasteiger partial charge in [-0.2, -0.15) is 0 Å². The number of hydrogen-bond donors (Lipinski definition) is 2. The summed E-state index contributed by atoms with van der Waals surface area (Å²) in [5.74, 6) is -0.469. The molecule has 0 radical (unpaired) electrons. The third kappa shape index (κ3) is 3.17. The molecule has 0 heterocycles. The van der Waals surface area contributed by atoms with Crippen LogP contribution in [0.5, 0.6) is 0 Å². The van der Waals surface area contributed by atoms with Gasteiger partial charge in [0, 0.05) is 11.8 Å². The van der Waals surface area contributed by atoms with Crippen molar-refractivity contribution in [2.24, 2.45) is 0 Å². The van der Waals surface area contributed by atoms with Crippen molar-refractivity contribution in [2.75, 3.05) is 11.1 Å². The number of aryl methyl sites for hydroxylation is 2. The summed E-state index contributed by atoms with van der Waals surface area (Å²) in [5.41, 5.74) is 8.03. The van der Waals surface area contributed by atoms with Crippen LogP contribution in [-0.4, -0.2) is 10.8 Å². The van der Waals surface area contributed by atoms with Crippen LogP contribution in [-0.2, 0) is 0 Å². The highest BCUT2D eigenvalue weighted by molar-refractivity contribution is 6.08. The molecular formula is C15H15N3O3. The molecular weight excluding hydrogens is 270 g/mol. The summed E-state index contributed by atoms with van der Waals surface area (Å²) in [6.45, 7) is 3.59. The summed E-state index contributed by atoms with van der Waals surface area (Å²) in [5, 5.41) is 13.6. The molecule has 2 aromatic carbocycles. The molecule has 0 aliphatic heterocycles. The monoisotopic (exact) mass is 285 g/mol. The number of amides is 1. The second-order valence-corrected chi connectivity index (χ2v) is 4.82. The Morgan fingerprint density at radius 3 is 2.43 bits per heavy atom. The minimum Gasteiger partial charge on any atom is -0.398 e. The van der Waals surface area contributed by atoms with Crippen molar-refractivity contribution in [3.63, 3.8) is 0 Å². The molecule has 2 rings (SSSR count). The van der Waals surface area contributed by atoms with E-state index in [-0.39, 0.29) is 11.4 Å². The molecule has 0 saturated carbocycles. The van der Waals surface area contributed by atoms with Crippen molar-refractivity contribution in [3.8, 4) is 0 Å². The van der Waals surface area contributed by atoms with Gasteiger partial charge < -0.3 is 11.1 Å². The molecule has 0 atom stereocenters. The van der Waals surface area contributed by atoms with E-state index in [1.807, 2.05) is 6.92 Å². The number of nitro benzene ring substituents is 1. The Hall–Kier alpha value is -2.89. The van der Waals surface area contributed by atoms with Crippen molar-refractivity contribution in [2.45, 2.75) is 13.8 Å². The number of nitro groups is 1. The predicted molar refractivity (Wildman–Crippen MR) is 81.4 cm³/mol. The Labute approximate surface area is 121 Å². The van der Waals surface area contributed by atoms with Gasteiger partial charge in [0.05, 0.1) is 10.5 Å². The summed E-state index contributed by atoms with van der Waals surface area (Å²) in [6, 6.07) is 9.69. The molecule has 0 aliphatic rings. The van der Waals surface area contributed by atoms with Crippen molar-refractivity contribution in [1.29, 1.82) is 0 Å². The third-order valence-electron chi connectivity index (χ3n) is 3.05. The van der Waals surface area contributed by atoms with Crippen LogP contribution in [0.4, 0.5) is 17.1 Å². The first-order chi connectivity index (χ1) is 9.88. The fraction of sp³-hybridized carbons (Fsp3) is 0.133. The number of nitrogens with two attached hydrogens (primary N) is 1. The number of hydrogen-bond acceptors (Lipinski definition) is 4. The van der Waals surface area contributed by atoms with E-state index in [4.69, 9.17) is 5.73 Å². The summed E-state index contributed by atoms with van der Waals surface area (Å²) < 4.78 is 0. The zero-order valence-corrected chi connectivity index (χ0v) is 11.7. The zero-order valence-electron chi connectivity index (χ0n) is 11.7. The number of rotatable bonds is 3. The Morgan fingerprint density at radius 2 is 1.76 bits per heavy atom. The molecule has 21 heavy (non-hydrogen) atoms. The lowest BCUT2D eigenvalue weighted by Gasteiger charge is -2.09. The largest absolute Gasteiger partial charge is 0.398 e. The van der Waals surface area contributed by atoms with Crippen LogP contribution in [0, 0.1) is 24.0 Å². The van der Waals surface area contributed by atoms with Crippen LogP contribution in [0.15, 0.2) is 36.4 Å². The van der Waals surface area contributed by atoms with Gasteiger partial charge in [0.25, 0.3) is 11.6 Å². The van der Waals surface area contributed by atoms with E-state index in [0.717, 1.165) is 11.1 Å². The highest BCUT2D eigenvalue weighted by Gasteiger charge is 2.18. The van der Waals surface area contributed by atoms with E-state index in [0.29, 0.717) is 11.3 Å². The van der Waals surface area contributed by atoms with Gasteiger partial charge in [-0.1, -0.05) is 17.7 Å². The maximum Gasteiger partial charge on any atom is 0.293 e. The zero-order chi connectivity index (χ0) is 15.6. The molecule has 0 spiro atoms. The maximum absolute atomic E-state index is 12.2. The lowest BCUT2D eigenvalue weighted by molar-refractivity contribution is -0.384. The SMILES string of the molecule is Cc1ccc(N)c(C(=O)Nc2ccc(C)cc2[N+](=O)[O-])c1. The van der Waals surface area contributed by atoms with Gasteiger partial charge >= 0.3 is 0 Å². The minimum absolute atomic E-state index is 0.144. The van der Waals surface area contributed by atoms with Crippen molar-refractivity contribution in [1.82, 2.24) is 0 Å². The fourth-order valence-electron chi connectivity index (χ4n) is 1.95. The maximum atomic E-state index is 12.2. The Kier molecular flexibility index (Phi) is 3.89. The van der Waals surface area contributed by atoms with Crippen LogP contribution in [0.2, 0.25) is 0 Å². The topological polar surface area (TPSA) is 98.3 Å². The molecule has 0 unspecified atom stereocenters. The van der Waals surface area contributed by atoms with E-state index in [1.165, 1.54) is 12.1 Å². The summed E-state index contributed by atoms with van der Waals surface area (Å²) in [7, 11) is 0. The summed E-state index contributed by atoms with van der Waals surface area (Å²) in [4.78, 5) is 22.8. The predicted octanol–water partition coefficient (Wildman–Crippen LogP) is 3.05. The molecule has 0 fully saturated rings. The smallest absolute Gasteiger partial charge is 0.293 e. The van der Waals surface area contributed by atoms with Crippen molar-refractivity contribution < 1.29 is 9.72 Å². The highest BCUT2D eigenvalue weighted by atomic mass is 16.6. The van der Waals surface area contributed by atoms with Crippen LogP contribution in [0.1, 0.15) is 21.5 Å². The molecule has 6 heteroatoms. The first kappa shape index (κ1) is 14.5. The third-order valence-corrected chi connectivity index (χ3v) is 3.05. The Morgan fingerprint density at radius 1 is 1.14 bits per heavy atom. The number of carbonyl (C=O) groups is 1. The Bertz CT molecular complexity index is 726. The van der Waals surface area contributed by atoms with Crippen LogP contribution in [0.3, 0.4) is 0 Å². The molecule has 108 valence electrons. The lowest BCUT2D eigenvalue weighted by Crippen LogP contribution is -2.15. The first-order valence-corrected chi connectivity index (χ1v) is 6.31. The molecule has 1 amide bonds. The second kappa shape index (κ2) is 5.62. The fourth-order valence-corrected chi connectivity index (χ4v) is 1.95. The normalized spacial score (nSPS) is 10.2. The number of benzene rings is 2. The number of nitrogens with one attached hydrogen (secondary N) is 1. The van der Waals surface area contributed by atoms with E-state index < -0.39 is 10.8 Å². The molecule has 0 aromatic heterocycles. The average molecular weight is 285 g/mol. The van der Waals surface area contributed by atoms with Gasteiger partial charge in [0.1, 0.15) is 5.69 Å². The molecule has 6 nitrogen and oxygen atoms in total. The van der Waals surface area contributed by atoms with Gasteiger partial charge in [-0.15, -0.1) is 0 Å². The van der Waals surface area contributed by atoms with Crippen LogP contribution < -0.4 is 11.1 Å². The van der Waals surface area contributed by atoms with E-state index in [2.05, 4.69) is 5.32 Å². The van der Waals surface area contributed by atoms with Crippen LogP contribution >= 0.6 is 0 Å². The van der Waals surface area contributed by atoms with E-state index in [1.54, 1.807) is 31.2 Å². The highest BCUT2D eigenvalue weighted by Crippen LogP contribution is 2.26. The number of carbonyl (C=O) groups excluding carboxylic acids is 1. The second-order valence-electron chi connectivity index (χ2n) is 4.82. The van der Waals surface area contributed by atoms with Crippen molar-refractivity contribution >= 4 is 23.0 Å². The van der Waals surface area contributed by atoms with Gasteiger partial charge in [-0.25, -0.2) is 0 Å². The average Bonchev–Trinajstić information content (AvgIpc) is 2.43. The van der Waals surface area contributed by atoms with E-state index in [9.17, 15) is 14.9 Å². The molecule has 0 bridgehead atoms. The quantitative estimate of drug-likeness (QED) is 0.514.